The summed E-state index contributed by atoms with van der Waals surface area (Å²) in [6, 6.07) is 10.1. The molecule has 2 aromatic rings. The van der Waals surface area contributed by atoms with E-state index in [-0.39, 0.29) is 11.6 Å². The van der Waals surface area contributed by atoms with Crippen LogP contribution >= 0.6 is 11.3 Å². The predicted octanol–water partition coefficient (Wildman–Crippen LogP) is 3.30. The van der Waals surface area contributed by atoms with Crippen molar-refractivity contribution in [3.8, 4) is 0 Å². The summed E-state index contributed by atoms with van der Waals surface area (Å²) in [7, 11) is 0. The highest BCUT2D eigenvalue weighted by Crippen LogP contribution is 2.20. The van der Waals surface area contributed by atoms with Crippen molar-refractivity contribution in [2.45, 2.75) is 19.4 Å². The van der Waals surface area contributed by atoms with Crippen LogP contribution in [0.15, 0.2) is 41.8 Å². The van der Waals surface area contributed by atoms with Crippen molar-refractivity contribution < 1.29 is 9.72 Å². The van der Waals surface area contributed by atoms with Crippen LogP contribution in [0.5, 0.6) is 0 Å². The maximum atomic E-state index is 12.2. The van der Waals surface area contributed by atoms with Gasteiger partial charge in [-0.1, -0.05) is 12.1 Å². The van der Waals surface area contributed by atoms with E-state index in [9.17, 15) is 14.9 Å². The third-order valence-corrected chi connectivity index (χ3v) is 5.40. The third-order valence-electron chi connectivity index (χ3n) is 4.54. The number of nitro groups is 1. The van der Waals surface area contributed by atoms with E-state index in [0.29, 0.717) is 18.0 Å². The van der Waals surface area contributed by atoms with Gasteiger partial charge < -0.3 is 5.32 Å². The van der Waals surface area contributed by atoms with Crippen molar-refractivity contribution in [1.82, 2.24) is 10.2 Å². The minimum atomic E-state index is -0.486. The number of amides is 1. The molecule has 132 valence electrons. The molecule has 0 bridgehead atoms. The Kier molecular flexibility index (Phi) is 5.78. The molecule has 1 N–H and O–H groups in total. The van der Waals surface area contributed by atoms with Crippen LogP contribution in [-0.2, 0) is 6.54 Å². The standard InChI is InChI=1S/C18H21N3O3S/c22-18(15-3-1-4-16(11-15)21(23)24)19-12-14-6-8-20(9-7-14)13-17-5-2-10-25-17/h1-5,10-11,14H,6-9,12-13H2,(H,19,22). The lowest BCUT2D eigenvalue weighted by Gasteiger charge is -2.31. The zero-order valence-electron chi connectivity index (χ0n) is 13.9. The van der Waals surface area contributed by atoms with Crippen molar-refractivity contribution in [2.24, 2.45) is 5.92 Å². The number of rotatable bonds is 6. The Hall–Kier alpha value is -2.25. The smallest absolute Gasteiger partial charge is 0.270 e. The molecule has 0 atom stereocenters. The first kappa shape index (κ1) is 17.6. The summed E-state index contributed by atoms with van der Waals surface area (Å²) >= 11 is 1.79. The van der Waals surface area contributed by atoms with Gasteiger partial charge in [0.2, 0.25) is 0 Å². The Balaban J connectivity index is 1.44. The van der Waals surface area contributed by atoms with Crippen LogP contribution in [0.3, 0.4) is 0 Å². The van der Waals surface area contributed by atoms with Crippen LogP contribution in [0.1, 0.15) is 28.1 Å². The van der Waals surface area contributed by atoms with E-state index in [1.165, 1.54) is 23.1 Å². The lowest BCUT2D eigenvalue weighted by molar-refractivity contribution is -0.384. The minimum absolute atomic E-state index is 0.0606. The largest absolute Gasteiger partial charge is 0.352 e. The van der Waals surface area contributed by atoms with Crippen LogP contribution < -0.4 is 5.32 Å². The highest BCUT2D eigenvalue weighted by molar-refractivity contribution is 7.09. The molecule has 1 amide bonds. The minimum Gasteiger partial charge on any atom is -0.352 e. The fourth-order valence-electron chi connectivity index (χ4n) is 3.07. The van der Waals surface area contributed by atoms with Crippen molar-refractivity contribution in [3.63, 3.8) is 0 Å². The van der Waals surface area contributed by atoms with Gasteiger partial charge in [0.1, 0.15) is 0 Å². The van der Waals surface area contributed by atoms with Gasteiger partial charge in [-0.2, -0.15) is 0 Å². The Bertz CT molecular complexity index is 725. The molecule has 2 heterocycles. The topological polar surface area (TPSA) is 75.5 Å². The number of nitrogens with zero attached hydrogens (tertiary/aromatic N) is 2. The average Bonchev–Trinajstić information content (AvgIpc) is 3.14. The van der Waals surface area contributed by atoms with Gasteiger partial charge in [-0.15, -0.1) is 11.3 Å². The summed E-state index contributed by atoms with van der Waals surface area (Å²) in [6.45, 7) is 3.70. The second-order valence-electron chi connectivity index (χ2n) is 6.32. The highest BCUT2D eigenvalue weighted by Gasteiger charge is 2.20. The molecule has 1 aliphatic heterocycles. The van der Waals surface area contributed by atoms with Crippen LogP contribution in [0.25, 0.3) is 0 Å². The fourth-order valence-corrected chi connectivity index (χ4v) is 3.82. The number of carbonyl (C=O) groups is 1. The lowest BCUT2D eigenvalue weighted by Crippen LogP contribution is -2.38. The van der Waals surface area contributed by atoms with E-state index in [4.69, 9.17) is 0 Å². The van der Waals surface area contributed by atoms with Crippen molar-refractivity contribution in [3.05, 3.63) is 62.3 Å². The molecule has 1 saturated heterocycles. The van der Waals surface area contributed by atoms with Crippen LogP contribution in [0, 0.1) is 16.0 Å². The van der Waals surface area contributed by atoms with E-state index >= 15 is 0 Å². The van der Waals surface area contributed by atoms with Crippen LogP contribution in [0.4, 0.5) is 5.69 Å². The molecule has 1 fully saturated rings. The lowest BCUT2D eigenvalue weighted by atomic mass is 9.96. The second kappa shape index (κ2) is 8.22. The van der Waals surface area contributed by atoms with E-state index in [1.54, 1.807) is 17.4 Å². The molecule has 1 aliphatic rings. The number of piperidine rings is 1. The van der Waals surface area contributed by atoms with Gasteiger partial charge >= 0.3 is 0 Å². The molecule has 7 heteroatoms. The average molecular weight is 359 g/mol. The zero-order chi connectivity index (χ0) is 17.6. The molecular weight excluding hydrogens is 338 g/mol. The SMILES string of the molecule is O=C(NCC1CCN(Cc2cccs2)CC1)c1cccc([N+](=O)[O-])c1. The first-order valence-electron chi connectivity index (χ1n) is 8.39. The summed E-state index contributed by atoms with van der Waals surface area (Å²) in [4.78, 5) is 26.3. The maximum absolute atomic E-state index is 12.2. The Labute approximate surface area is 150 Å². The molecule has 1 aromatic heterocycles. The van der Waals surface area contributed by atoms with Crippen LogP contribution in [0.2, 0.25) is 0 Å². The van der Waals surface area contributed by atoms with Gasteiger partial charge in [-0.05, 0) is 49.4 Å². The fraction of sp³-hybridized carbons (Fsp3) is 0.389. The normalized spacial score (nSPS) is 15.8. The summed E-state index contributed by atoms with van der Waals surface area (Å²) in [5.74, 6) is 0.215. The molecule has 0 saturated carbocycles. The number of nitrogens with one attached hydrogen (secondary N) is 1. The van der Waals surface area contributed by atoms with Crippen molar-refractivity contribution in [2.75, 3.05) is 19.6 Å². The number of non-ortho nitro benzene ring substituents is 1. The molecule has 1 aromatic carbocycles. The van der Waals surface area contributed by atoms with Crippen molar-refractivity contribution in [1.29, 1.82) is 0 Å². The molecule has 3 rings (SSSR count). The summed E-state index contributed by atoms with van der Waals surface area (Å²) < 4.78 is 0. The summed E-state index contributed by atoms with van der Waals surface area (Å²) in [6.07, 6.45) is 2.11. The quantitative estimate of drug-likeness (QED) is 0.634. The second-order valence-corrected chi connectivity index (χ2v) is 7.35. The first-order valence-corrected chi connectivity index (χ1v) is 9.27. The Morgan fingerprint density at radius 1 is 1.28 bits per heavy atom. The molecule has 6 nitrogen and oxygen atoms in total. The first-order chi connectivity index (χ1) is 12.1. The zero-order valence-corrected chi connectivity index (χ0v) is 14.7. The number of benzene rings is 1. The third kappa shape index (κ3) is 4.87. The van der Waals surface area contributed by atoms with Gasteiger partial charge in [-0.3, -0.25) is 19.8 Å². The number of likely N-dealkylation sites (tertiary alicyclic amines) is 1. The molecule has 0 spiro atoms. The maximum Gasteiger partial charge on any atom is 0.270 e. The highest BCUT2D eigenvalue weighted by atomic mass is 32.1. The molecular formula is C18H21N3O3S. The number of nitro benzene ring substituents is 1. The molecule has 0 unspecified atom stereocenters. The van der Waals surface area contributed by atoms with E-state index < -0.39 is 4.92 Å². The summed E-state index contributed by atoms with van der Waals surface area (Å²) in [5.41, 5.74) is 0.277. The van der Waals surface area contributed by atoms with E-state index in [0.717, 1.165) is 32.5 Å². The Morgan fingerprint density at radius 3 is 2.76 bits per heavy atom. The number of thiophene rings is 1. The monoisotopic (exact) mass is 359 g/mol. The van der Waals surface area contributed by atoms with Gasteiger partial charge in [0.25, 0.3) is 11.6 Å². The number of carbonyl (C=O) groups excluding carboxylic acids is 1. The van der Waals surface area contributed by atoms with E-state index in [1.807, 2.05) is 0 Å². The van der Waals surface area contributed by atoms with Gasteiger partial charge in [0.15, 0.2) is 0 Å². The molecule has 0 aliphatic carbocycles. The summed E-state index contributed by atoms with van der Waals surface area (Å²) in [5, 5.41) is 15.8. The Morgan fingerprint density at radius 2 is 2.08 bits per heavy atom. The van der Waals surface area contributed by atoms with Gasteiger partial charge in [-0.25, -0.2) is 0 Å². The van der Waals surface area contributed by atoms with Gasteiger partial charge in [0, 0.05) is 35.7 Å². The molecule has 0 radical (unpaired) electrons. The molecule has 25 heavy (non-hydrogen) atoms. The van der Waals surface area contributed by atoms with E-state index in [2.05, 4.69) is 27.7 Å². The number of hydrogen-bond donors (Lipinski definition) is 1. The predicted molar refractivity (Wildman–Crippen MR) is 97.7 cm³/mol. The van der Waals surface area contributed by atoms with Crippen molar-refractivity contribution >= 4 is 22.9 Å². The van der Waals surface area contributed by atoms with Gasteiger partial charge in [0.05, 0.1) is 4.92 Å². The van der Waals surface area contributed by atoms with Crippen LogP contribution in [-0.4, -0.2) is 35.4 Å². The number of hydrogen-bond acceptors (Lipinski definition) is 5.